The van der Waals surface area contributed by atoms with Crippen molar-refractivity contribution in [3.05, 3.63) is 59.2 Å². The summed E-state index contributed by atoms with van der Waals surface area (Å²) >= 11 is 0. The Morgan fingerprint density at radius 2 is 1.89 bits per heavy atom. The Bertz CT molecular complexity index is 1100. The van der Waals surface area contributed by atoms with Gasteiger partial charge in [0.2, 0.25) is 5.91 Å². The highest BCUT2D eigenvalue weighted by Gasteiger charge is 2.29. The molecule has 0 fully saturated rings. The molecule has 0 unspecified atom stereocenters. The highest BCUT2D eigenvalue weighted by atomic mass is 16.5. The number of amides is 2. The van der Waals surface area contributed by atoms with Gasteiger partial charge in [0.25, 0.3) is 5.91 Å². The van der Waals surface area contributed by atoms with Crippen LogP contribution in [-0.4, -0.2) is 78.7 Å². The van der Waals surface area contributed by atoms with E-state index in [9.17, 15) is 19.5 Å². The van der Waals surface area contributed by atoms with Gasteiger partial charge >= 0.3 is 5.97 Å². The average Bonchev–Trinajstić information content (AvgIpc) is 2.84. The summed E-state index contributed by atoms with van der Waals surface area (Å²) < 4.78 is 11.9. The van der Waals surface area contributed by atoms with Crippen LogP contribution in [0.4, 0.5) is 5.69 Å². The first-order valence-electron chi connectivity index (χ1n) is 12.0. The van der Waals surface area contributed by atoms with Gasteiger partial charge in [-0.2, -0.15) is 0 Å². The Morgan fingerprint density at radius 3 is 2.56 bits per heavy atom. The summed E-state index contributed by atoms with van der Waals surface area (Å²) in [6.07, 6.45) is -0.231. The molecule has 0 aromatic heterocycles. The second-order valence-electron chi connectivity index (χ2n) is 9.38. The van der Waals surface area contributed by atoms with Crippen LogP contribution < -0.4 is 10.1 Å². The Morgan fingerprint density at radius 1 is 1.17 bits per heavy atom. The summed E-state index contributed by atoms with van der Waals surface area (Å²) in [6, 6.07) is 11.9. The van der Waals surface area contributed by atoms with Crippen LogP contribution in [0, 0.1) is 5.92 Å². The number of carbonyl (C=O) groups is 3. The maximum atomic E-state index is 13.3. The minimum Gasteiger partial charge on any atom is -0.491 e. The summed E-state index contributed by atoms with van der Waals surface area (Å²) in [5.74, 6) is -0.968. The van der Waals surface area contributed by atoms with E-state index < -0.39 is 5.97 Å². The lowest BCUT2D eigenvalue weighted by atomic mass is 10.00. The van der Waals surface area contributed by atoms with Gasteiger partial charge < -0.3 is 24.8 Å². The molecule has 0 aliphatic carbocycles. The lowest BCUT2D eigenvalue weighted by molar-refractivity contribution is -0.114. The van der Waals surface area contributed by atoms with E-state index >= 15 is 0 Å². The van der Waals surface area contributed by atoms with E-state index in [0.29, 0.717) is 42.2 Å². The van der Waals surface area contributed by atoms with Crippen molar-refractivity contribution in [3.8, 4) is 5.75 Å². The number of methoxy groups -OCH3 is 1. The predicted octanol–water partition coefficient (Wildman–Crippen LogP) is 3.35. The van der Waals surface area contributed by atoms with Crippen molar-refractivity contribution >= 4 is 23.5 Å². The molecule has 1 aliphatic rings. The van der Waals surface area contributed by atoms with Crippen LogP contribution in [0.3, 0.4) is 0 Å². The molecule has 3 rings (SSSR count). The molecular formula is C27H35N3O6. The summed E-state index contributed by atoms with van der Waals surface area (Å²) in [7, 11) is 3.36. The topological polar surface area (TPSA) is 108 Å². The summed E-state index contributed by atoms with van der Waals surface area (Å²) in [5, 5.41) is 12.4. The number of carboxylic acids is 1. The van der Waals surface area contributed by atoms with E-state index in [-0.39, 0.29) is 42.0 Å². The molecule has 9 nitrogen and oxygen atoms in total. The molecule has 1 heterocycles. The molecule has 2 N–H and O–H groups in total. The number of fused-ring (bicyclic) bond motifs is 1. The Labute approximate surface area is 212 Å². The van der Waals surface area contributed by atoms with E-state index in [0.717, 1.165) is 0 Å². The van der Waals surface area contributed by atoms with Crippen molar-refractivity contribution in [1.29, 1.82) is 0 Å². The van der Waals surface area contributed by atoms with Gasteiger partial charge in [0, 0.05) is 58.5 Å². The number of carbonyl (C=O) groups excluding carboxylic acids is 2. The van der Waals surface area contributed by atoms with Gasteiger partial charge in [-0.25, -0.2) is 4.79 Å². The molecule has 2 amide bonds. The molecule has 2 aromatic rings. The highest BCUT2D eigenvalue weighted by Crippen LogP contribution is 2.27. The lowest BCUT2D eigenvalue weighted by Crippen LogP contribution is -2.46. The Hall–Kier alpha value is -3.43. The first kappa shape index (κ1) is 27.2. The Kier molecular flexibility index (Phi) is 9.06. The van der Waals surface area contributed by atoms with Gasteiger partial charge in [0.05, 0.1) is 17.2 Å². The van der Waals surface area contributed by atoms with Crippen LogP contribution >= 0.6 is 0 Å². The maximum absolute atomic E-state index is 13.3. The van der Waals surface area contributed by atoms with Gasteiger partial charge in [0.15, 0.2) is 0 Å². The van der Waals surface area contributed by atoms with E-state index in [1.165, 1.54) is 6.92 Å². The number of benzene rings is 2. The van der Waals surface area contributed by atoms with Crippen LogP contribution in [0.15, 0.2) is 42.5 Å². The standard InChI is InChI=1S/C27H35N3O6/c1-17-13-30(14-20-8-6-7-9-22(20)27(33)34)18(2)16-36-24-12-21(28-19(3)31)10-11-23(24)26(32)29(4)15-25(17)35-5/h6-12,17-18,25H,13-16H2,1-5H3,(H,28,31)(H,33,34)/t17-,18-,25-/m0/s1. The fourth-order valence-corrected chi connectivity index (χ4v) is 4.43. The van der Waals surface area contributed by atoms with Gasteiger partial charge in [-0.1, -0.05) is 25.1 Å². The summed E-state index contributed by atoms with van der Waals surface area (Å²) in [5.41, 5.74) is 1.91. The molecule has 194 valence electrons. The molecule has 0 saturated carbocycles. The quantitative estimate of drug-likeness (QED) is 0.652. The molecule has 0 bridgehead atoms. The third-order valence-corrected chi connectivity index (χ3v) is 6.52. The summed E-state index contributed by atoms with van der Waals surface area (Å²) in [4.78, 5) is 40.4. The smallest absolute Gasteiger partial charge is 0.336 e. The molecule has 0 saturated heterocycles. The number of aromatic carboxylic acids is 1. The fourth-order valence-electron chi connectivity index (χ4n) is 4.43. The van der Waals surface area contributed by atoms with Crippen molar-refractivity contribution in [2.24, 2.45) is 5.92 Å². The monoisotopic (exact) mass is 497 g/mol. The number of rotatable bonds is 5. The number of hydrogen-bond donors (Lipinski definition) is 2. The molecular weight excluding hydrogens is 462 g/mol. The number of nitrogens with one attached hydrogen (secondary N) is 1. The maximum Gasteiger partial charge on any atom is 0.336 e. The van der Waals surface area contributed by atoms with Crippen molar-refractivity contribution in [2.75, 3.05) is 39.2 Å². The second-order valence-corrected chi connectivity index (χ2v) is 9.38. The van der Waals surface area contributed by atoms with Crippen molar-refractivity contribution in [2.45, 2.75) is 39.5 Å². The van der Waals surface area contributed by atoms with Crippen molar-refractivity contribution in [1.82, 2.24) is 9.80 Å². The zero-order valence-electron chi connectivity index (χ0n) is 21.5. The third kappa shape index (κ3) is 6.61. The van der Waals surface area contributed by atoms with Crippen LogP contribution in [0.2, 0.25) is 0 Å². The normalized spacial score (nSPS) is 21.5. The highest BCUT2D eigenvalue weighted by molar-refractivity contribution is 5.98. The molecule has 0 radical (unpaired) electrons. The minimum atomic E-state index is -0.966. The average molecular weight is 498 g/mol. The molecule has 3 atom stereocenters. The van der Waals surface area contributed by atoms with Crippen molar-refractivity contribution in [3.63, 3.8) is 0 Å². The minimum absolute atomic E-state index is 0.0470. The van der Waals surface area contributed by atoms with Crippen LogP contribution in [0.25, 0.3) is 0 Å². The first-order valence-corrected chi connectivity index (χ1v) is 12.0. The van der Waals surface area contributed by atoms with E-state index in [1.54, 1.807) is 49.4 Å². The predicted molar refractivity (Wildman–Crippen MR) is 136 cm³/mol. The molecule has 2 aromatic carbocycles. The van der Waals surface area contributed by atoms with E-state index in [2.05, 4.69) is 17.1 Å². The number of hydrogen-bond acceptors (Lipinski definition) is 6. The van der Waals surface area contributed by atoms with E-state index in [4.69, 9.17) is 9.47 Å². The third-order valence-electron chi connectivity index (χ3n) is 6.52. The number of carboxylic acid groups (broad SMARTS) is 1. The zero-order valence-corrected chi connectivity index (χ0v) is 21.5. The molecule has 36 heavy (non-hydrogen) atoms. The zero-order chi connectivity index (χ0) is 26.4. The molecule has 9 heteroatoms. The number of likely N-dealkylation sites (N-methyl/N-ethyl adjacent to an activating group) is 1. The lowest BCUT2D eigenvalue weighted by Gasteiger charge is -2.36. The van der Waals surface area contributed by atoms with Crippen LogP contribution in [0.1, 0.15) is 47.1 Å². The van der Waals surface area contributed by atoms with Crippen LogP contribution in [-0.2, 0) is 16.1 Å². The number of nitrogens with zero attached hydrogens (tertiary/aromatic N) is 2. The largest absolute Gasteiger partial charge is 0.491 e. The Balaban J connectivity index is 1.98. The van der Waals surface area contributed by atoms with Gasteiger partial charge in [0.1, 0.15) is 12.4 Å². The number of ether oxygens (including phenoxy) is 2. The van der Waals surface area contributed by atoms with Crippen molar-refractivity contribution < 1.29 is 29.0 Å². The second kappa shape index (κ2) is 12.0. The fraction of sp³-hybridized carbons (Fsp3) is 0.444. The molecule has 1 aliphatic heterocycles. The number of anilines is 1. The summed E-state index contributed by atoms with van der Waals surface area (Å²) in [6.45, 7) is 7.15. The van der Waals surface area contributed by atoms with Gasteiger partial charge in [-0.3, -0.25) is 14.5 Å². The van der Waals surface area contributed by atoms with Gasteiger partial charge in [-0.05, 0) is 36.6 Å². The van der Waals surface area contributed by atoms with Gasteiger partial charge in [-0.15, -0.1) is 0 Å². The van der Waals surface area contributed by atoms with Crippen LogP contribution in [0.5, 0.6) is 5.75 Å². The SMILES string of the molecule is CO[C@H]1CN(C)C(=O)c2ccc(NC(C)=O)cc2OC[C@H](C)N(Cc2ccccc2C(=O)O)C[C@@H]1C. The first-order chi connectivity index (χ1) is 17.1. The van der Waals surface area contributed by atoms with E-state index in [1.807, 2.05) is 19.1 Å². The molecule has 0 spiro atoms.